The van der Waals surface area contributed by atoms with E-state index in [2.05, 4.69) is 5.32 Å². The van der Waals surface area contributed by atoms with Gasteiger partial charge in [-0.25, -0.2) is 9.59 Å². The lowest BCUT2D eigenvalue weighted by Gasteiger charge is -2.33. The van der Waals surface area contributed by atoms with E-state index < -0.39 is 23.4 Å². The summed E-state index contributed by atoms with van der Waals surface area (Å²) in [6.07, 6.45) is 0.252. The van der Waals surface area contributed by atoms with Crippen LogP contribution in [0.3, 0.4) is 0 Å². The summed E-state index contributed by atoms with van der Waals surface area (Å²) in [4.78, 5) is 37.0. The lowest BCUT2D eigenvalue weighted by atomic mass is 9.88. The molecule has 0 aromatic heterocycles. The van der Waals surface area contributed by atoms with Crippen LogP contribution in [0.1, 0.15) is 38.8 Å². The van der Waals surface area contributed by atoms with E-state index >= 15 is 0 Å². The molecule has 6 nitrogen and oxygen atoms in total. The first-order chi connectivity index (χ1) is 12.3. The largest absolute Gasteiger partial charge is 0.465 e. The minimum absolute atomic E-state index is 0.227. The van der Waals surface area contributed by atoms with Gasteiger partial charge in [-0.05, 0) is 37.6 Å². The molecule has 2 aromatic rings. The summed E-state index contributed by atoms with van der Waals surface area (Å²) in [7, 11) is 1.27. The SMILES string of the molecule is COC(=O)c1ccccc1NC(=O)C1(C)Cc2cc(C)ccc2C(=O)O1. The molecule has 0 aliphatic carbocycles. The number of fused-ring (bicyclic) bond motifs is 1. The van der Waals surface area contributed by atoms with Crippen molar-refractivity contribution in [2.45, 2.75) is 25.9 Å². The fourth-order valence-electron chi connectivity index (χ4n) is 2.99. The molecule has 3 rings (SSSR count). The van der Waals surface area contributed by atoms with E-state index in [0.29, 0.717) is 11.3 Å². The van der Waals surface area contributed by atoms with Crippen LogP contribution >= 0.6 is 0 Å². The Hall–Kier alpha value is -3.15. The van der Waals surface area contributed by atoms with Crippen LogP contribution in [-0.4, -0.2) is 30.6 Å². The molecule has 1 heterocycles. The van der Waals surface area contributed by atoms with E-state index in [4.69, 9.17) is 9.47 Å². The van der Waals surface area contributed by atoms with E-state index in [1.54, 1.807) is 37.3 Å². The Labute approximate surface area is 151 Å². The maximum absolute atomic E-state index is 12.9. The number of amides is 1. The monoisotopic (exact) mass is 353 g/mol. The third kappa shape index (κ3) is 3.18. The van der Waals surface area contributed by atoms with Crippen LogP contribution in [0.15, 0.2) is 42.5 Å². The zero-order valence-corrected chi connectivity index (χ0v) is 14.8. The van der Waals surface area contributed by atoms with Crippen molar-refractivity contribution < 1.29 is 23.9 Å². The van der Waals surface area contributed by atoms with E-state index in [1.165, 1.54) is 7.11 Å². The average molecular weight is 353 g/mol. The number of benzene rings is 2. The van der Waals surface area contributed by atoms with Gasteiger partial charge in [0.05, 0.1) is 23.9 Å². The Kier molecular flexibility index (Phi) is 4.50. The number of hydrogen-bond donors (Lipinski definition) is 1. The van der Waals surface area contributed by atoms with Crippen molar-refractivity contribution >= 4 is 23.5 Å². The lowest BCUT2D eigenvalue weighted by Crippen LogP contribution is -2.49. The molecule has 0 bridgehead atoms. The van der Waals surface area contributed by atoms with Crippen molar-refractivity contribution in [2.75, 3.05) is 12.4 Å². The van der Waals surface area contributed by atoms with Crippen LogP contribution in [0.5, 0.6) is 0 Å². The minimum Gasteiger partial charge on any atom is -0.465 e. The number of hydrogen-bond acceptors (Lipinski definition) is 5. The molecule has 0 fully saturated rings. The van der Waals surface area contributed by atoms with Crippen molar-refractivity contribution in [3.05, 3.63) is 64.7 Å². The van der Waals surface area contributed by atoms with Gasteiger partial charge in [-0.2, -0.15) is 0 Å². The van der Waals surface area contributed by atoms with Crippen molar-refractivity contribution in [3.8, 4) is 0 Å². The van der Waals surface area contributed by atoms with Gasteiger partial charge in [0.2, 0.25) is 0 Å². The van der Waals surface area contributed by atoms with Gasteiger partial charge in [-0.3, -0.25) is 4.79 Å². The summed E-state index contributed by atoms with van der Waals surface area (Å²) in [5, 5.41) is 2.68. The molecule has 1 aliphatic rings. The van der Waals surface area contributed by atoms with Gasteiger partial charge in [0.1, 0.15) is 0 Å². The standard InChI is InChI=1S/C20H19NO5/c1-12-8-9-14-13(10-12)11-20(2,26-18(14)23)19(24)21-16-7-5-4-6-15(16)17(22)25-3/h4-10H,11H2,1-3H3,(H,21,24). The number of esters is 2. The molecule has 0 saturated heterocycles. The number of rotatable bonds is 3. The van der Waals surface area contributed by atoms with Crippen LogP contribution in [0.25, 0.3) is 0 Å². The highest BCUT2D eigenvalue weighted by atomic mass is 16.6. The molecule has 0 saturated carbocycles. The van der Waals surface area contributed by atoms with Crippen LogP contribution in [-0.2, 0) is 20.7 Å². The topological polar surface area (TPSA) is 81.7 Å². The molecular formula is C20H19NO5. The van der Waals surface area contributed by atoms with Gasteiger partial charge in [0.25, 0.3) is 5.91 Å². The third-order valence-corrected chi connectivity index (χ3v) is 4.39. The van der Waals surface area contributed by atoms with Crippen LogP contribution < -0.4 is 5.32 Å². The number of nitrogens with one attached hydrogen (secondary N) is 1. The normalized spacial score (nSPS) is 18.5. The maximum atomic E-state index is 12.9. The zero-order valence-electron chi connectivity index (χ0n) is 14.8. The minimum atomic E-state index is -1.37. The Morgan fingerprint density at radius 1 is 1.19 bits per heavy atom. The van der Waals surface area contributed by atoms with E-state index in [1.807, 2.05) is 19.1 Å². The third-order valence-electron chi connectivity index (χ3n) is 4.39. The molecule has 1 N–H and O–H groups in total. The Morgan fingerprint density at radius 3 is 2.65 bits per heavy atom. The zero-order chi connectivity index (χ0) is 18.9. The summed E-state index contributed by atoms with van der Waals surface area (Å²) in [5.41, 5.74) is 1.39. The summed E-state index contributed by atoms with van der Waals surface area (Å²) >= 11 is 0. The highest BCUT2D eigenvalue weighted by Crippen LogP contribution is 2.30. The van der Waals surface area contributed by atoms with Gasteiger partial charge in [0, 0.05) is 6.42 Å². The average Bonchev–Trinajstić information content (AvgIpc) is 2.61. The summed E-state index contributed by atoms with van der Waals surface area (Å²) in [5.74, 6) is -1.60. The molecule has 26 heavy (non-hydrogen) atoms. The predicted octanol–water partition coefficient (Wildman–Crippen LogP) is 2.89. The number of methoxy groups -OCH3 is 1. The maximum Gasteiger partial charge on any atom is 0.339 e. The number of aryl methyl sites for hydroxylation is 1. The molecule has 2 aromatic carbocycles. The molecule has 1 unspecified atom stereocenters. The number of ether oxygens (including phenoxy) is 2. The first-order valence-electron chi connectivity index (χ1n) is 8.16. The van der Waals surface area contributed by atoms with Gasteiger partial charge in [0.15, 0.2) is 5.60 Å². The quantitative estimate of drug-likeness (QED) is 0.858. The molecule has 0 spiro atoms. The number of para-hydroxylation sites is 1. The number of carbonyl (C=O) groups is 3. The van der Waals surface area contributed by atoms with Crippen molar-refractivity contribution in [1.82, 2.24) is 0 Å². The van der Waals surface area contributed by atoms with Crippen LogP contribution in [0, 0.1) is 6.92 Å². The van der Waals surface area contributed by atoms with Gasteiger partial charge >= 0.3 is 11.9 Å². The van der Waals surface area contributed by atoms with Crippen molar-refractivity contribution in [3.63, 3.8) is 0 Å². The van der Waals surface area contributed by atoms with Crippen molar-refractivity contribution in [2.24, 2.45) is 0 Å². The molecule has 1 amide bonds. The summed E-state index contributed by atoms with van der Waals surface area (Å²) in [6, 6.07) is 11.9. The van der Waals surface area contributed by atoms with Gasteiger partial charge < -0.3 is 14.8 Å². The predicted molar refractivity (Wildman–Crippen MR) is 95.1 cm³/mol. The van der Waals surface area contributed by atoms with Crippen LogP contribution in [0.2, 0.25) is 0 Å². The highest BCUT2D eigenvalue weighted by Gasteiger charge is 2.43. The van der Waals surface area contributed by atoms with Gasteiger partial charge in [-0.1, -0.05) is 29.8 Å². The first kappa shape index (κ1) is 17.7. The smallest absolute Gasteiger partial charge is 0.339 e. The van der Waals surface area contributed by atoms with Crippen LogP contribution in [0.4, 0.5) is 5.69 Å². The fraction of sp³-hybridized carbons (Fsp3) is 0.250. The van der Waals surface area contributed by atoms with E-state index in [9.17, 15) is 14.4 Å². The molecule has 1 atom stereocenters. The van der Waals surface area contributed by atoms with E-state index in [0.717, 1.165) is 11.1 Å². The second-order valence-electron chi connectivity index (χ2n) is 6.45. The fourth-order valence-corrected chi connectivity index (χ4v) is 2.99. The summed E-state index contributed by atoms with van der Waals surface area (Å²) < 4.78 is 10.2. The van der Waals surface area contributed by atoms with Crippen molar-refractivity contribution in [1.29, 1.82) is 0 Å². The Balaban J connectivity index is 1.89. The second kappa shape index (κ2) is 6.63. The highest BCUT2D eigenvalue weighted by molar-refractivity contribution is 6.06. The first-order valence-corrected chi connectivity index (χ1v) is 8.16. The number of anilines is 1. The molecule has 1 aliphatic heterocycles. The second-order valence-corrected chi connectivity index (χ2v) is 6.45. The number of carbonyl (C=O) groups excluding carboxylic acids is 3. The Bertz CT molecular complexity index is 905. The molecule has 134 valence electrons. The molecule has 6 heteroatoms. The lowest BCUT2D eigenvalue weighted by molar-refractivity contribution is -0.134. The molecular weight excluding hydrogens is 334 g/mol. The van der Waals surface area contributed by atoms with Gasteiger partial charge in [-0.15, -0.1) is 0 Å². The number of cyclic esters (lactones) is 1. The molecule has 0 radical (unpaired) electrons. The Morgan fingerprint density at radius 2 is 1.92 bits per heavy atom. The summed E-state index contributed by atoms with van der Waals surface area (Å²) in [6.45, 7) is 3.48. The van der Waals surface area contributed by atoms with E-state index in [-0.39, 0.29) is 12.0 Å².